The third-order valence-corrected chi connectivity index (χ3v) is 7.11. The Labute approximate surface area is 237 Å². The maximum atomic E-state index is 14.8. The van der Waals surface area contributed by atoms with Gasteiger partial charge in [0, 0.05) is 43.0 Å². The molecular weight excluding hydrogens is 521 g/mol. The molecule has 0 spiro atoms. The number of aromatic nitrogens is 4. The number of nitrogens with zero attached hydrogens (tertiary/aromatic N) is 5. The summed E-state index contributed by atoms with van der Waals surface area (Å²) >= 11 is 0. The van der Waals surface area contributed by atoms with E-state index in [1.54, 1.807) is 41.1 Å². The van der Waals surface area contributed by atoms with E-state index in [1.807, 2.05) is 36.4 Å². The van der Waals surface area contributed by atoms with Gasteiger partial charge in [-0.05, 0) is 60.4 Å². The Hall–Kier alpha value is -4.83. The number of likely N-dealkylation sites (tertiary alicyclic amines) is 1. The number of imidazole rings is 1. The predicted molar refractivity (Wildman–Crippen MR) is 155 cm³/mol. The Bertz CT molecular complexity index is 1680. The molecule has 1 saturated heterocycles. The third kappa shape index (κ3) is 6.02. The van der Waals surface area contributed by atoms with E-state index in [9.17, 15) is 9.18 Å². The Kier molecular flexibility index (Phi) is 7.55. The molecule has 0 saturated carbocycles. The second-order valence-electron chi connectivity index (χ2n) is 9.99. The van der Waals surface area contributed by atoms with Crippen LogP contribution in [-0.2, 0) is 13.1 Å². The van der Waals surface area contributed by atoms with Gasteiger partial charge in [0.05, 0.1) is 25.2 Å². The fourth-order valence-electron chi connectivity index (χ4n) is 4.90. The smallest absolute Gasteiger partial charge is 0.321 e. The molecule has 5 aromatic rings. The molecule has 2 aromatic heterocycles. The van der Waals surface area contributed by atoms with Crippen LogP contribution in [0.5, 0.6) is 5.75 Å². The Morgan fingerprint density at radius 3 is 2.59 bits per heavy atom. The number of urea groups is 1. The fourth-order valence-corrected chi connectivity index (χ4v) is 4.90. The molecule has 2 N–H and O–H groups in total. The van der Waals surface area contributed by atoms with Gasteiger partial charge in [0.1, 0.15) is 17.3 Å². The van der Waals surface area contributed by atoms with Crippen LogP contribution in [0, 0.1) is 5.82 Å². The summed E-state index contributed by atoms with van der Waals surface area (Å²) in [5.74, 6) is 0.749. The van der Waals surface area contributed by atoms with Crippen molar-refractivity contribution in [3.63, 3.8) is 0 Å². The molecule has 41 heavy (non-hydrogen) atoms. The summed E-state index contributed by atoms with van der Waals surface area (Å²) in [7, 11) is 1.66. The molecule has 0 bridgehead atoms. The summed E-state index contributed by atoms with van der Waals surface area (Å²) in [5.41, 5.74) is 5.02. The fraction of sp³-hybridized carbons (Fsp3) is 0.226. The lowest BCUT2D eigenvalue weighted by Crippen LogP contribution is -2.32. The van der Waals surface area contributed by atoms with E-state index in [0.29, 0.717) is 29.4 Å². The maximum absolute atomic E-state index is 14.8. The van der Waals surface area contributed by atoms with Crippen LogP contribution in [0.25, 0.3) is 28.3 Å². The average molecular weight is 552 g/mol. The number of benzene rings is 3. The molecule has 0 aliphatic carbocycles. The number of ether oxygens (including phenoxy) is 1. The van der Waals surface area contributed by atoms with Crippen molar-refractivity contribution in [3.05, 3.63) is 96.1 Å². The van der Waals surface area contributed by atoms with Gasteiger partial charge >= 0.3 is 6.03 Å². The number of hydrogen-bond acceptors (Lipinski definition) is 6. The third-order valence-electron chi connectivity index (χ3n) is 7.11. The van der Waals surface area contributed by atoms with E-state index < -0.39 is 5.82 Å². The molecule has 0 radical (unpaired) electrons. The average Bonchev–Trinajstić information content (AvgIpc) is 3.69. The first-order valence-electron chi connectivity index (χ1n) is 13.6. The van der Waals surface area contributed by atoms with Crippen LogP contribution < -0.4 is 15.4 Å². The van der Waals surface area contributed by atoms with Crippen LogP contribution in [0.15, 0.2) is 79.1 Å². The first-order chi connectivity index (χ1) is 20.1. The molecule has 0 unspecified atom stereocenters. The van der Waals surface area contributed by atoms with E-state index >= 15 is 0 Å². The quantitative estimate of drug-likeness (QED) is 0.264. The number of carbonyl (C=O) groups is 1. The highest BCUT2D eigenvalue weighted by atomic mass is 19.1. The number of fused-ring (bicyclic) bond motifs is 1. The Balaban J connectivity index is 1.17. The highest BCUT2D eigenvalue weighted by Gasteiger charge is 2.19. The minimum absolute atomic E-state index is 0.179. The van der Waals surface area contributed by atoms with Crippen molar-refractivity contribution in [2.75, 3.05) is 25.5 Å². The number of methoxy groups -OCH3 is 1. The van der Waals surface area contributed by atoms with Gasteiger partial charge in [-0.3, -0.25) is 0 Å². The highest BCUT2D eigenvalue weighted by Crippen LogP contribution is 2.27. The topological polar surface area (TPSA) is 96.7 Å². The van der Waals surface area contributed by atoms with Crippen molar-refractivity contribution >= 4 is 17.5 Å². The van der Waals surface area contributed by atoms with Gasteiger partial charge in [-0.25, -0.2) is 23.7 Å². The Morgan fingerprint density at radius 2 is 1.78 bits per heavy atom. The molecule has 208 valence electrons. The number of halogens is 1. The van der Waals surface area contributed by atoms with Crippen molar-refractivity contribution in [1.29, 1.82) is 0 Å². The lowest BCUT2D eigenvalue weighted by atomic mass is 10.1. The summed E-state index contributed by atoms with van der Waals surface area (Å²) in [6.07, 6.45) is 5.31. The zero-order chi connectivity index (χ0) is 28.2. The number of hydrogen-bond donors (Lipinski definition) is 2. The van der Waals surface area contributed by atoms with Crippen molar-refractivity contribution in [2.45, 2.75) is 25.9 Å². The number of rotatable bonds is 8. The van der Waals surface area contributed by atoms with Crippen LogP contribution in [0.3, 0.4) is 0 Å². The summed E-state index contributed by atoms with van der Waals surface area (Å²) in [5, 5.41) is 11.0. The first kappa shape index (κ1) is 26.4. The molecule has 6 rings (SSSR count). The number of amides is 2. The van der Waals surface area contributed by atoms with Crippen LogP contribution in [0.4, 0.5) is 14.9 Å². The van der Waals surface area contributed by atoms with Crippen LogP contribution >= 0.6 is 0 Å². The second kappa shape index (κ2) is 11.7. The SMILES string of the molecule is COc1ccc(CNCc2cccc(-c3cnc4nc(-c5cc(NC(=O)N6CCCC6)ccc5F)cn4n3)c2)cc1. The lowest BCUT2D eigenvalue weighted by Gasteiger charge is -2.16. The first-order valence-corrected chi connectivity index (χ1v) is 13.6. The normalized spacial score (nSPS) is 13.1. The zero-order valence-electron chi connectivity index (χ0n) is 22.7. The number of carbonyl (C=O) groups excluding carboxylic acids is 1. The lowest BCUT2D eigenvalue weighted by molar-refractivity contribution is 0.222. The zero-order valence-corrected chi connectivity index (χ0v) is 22.7. The summed E-state index contributed by atoms with van der Waals surface area (Å²) < 4.78 is 21.6. The molecule has 9 nitrogen and oxygen atoms in total. The molecule has 3 heterocycles. The van der Waals surface area contributed by atoms with Crippen molar-refractivity contribution < 1.29 is 13.9 Å². The van der Waals surface area contributed by atoms with Gasteiger partial charge in [0.2, 0.25) is 0 Å². The van der Waals surface area contributed by atoms with Crippen LogP contribution in [0.1, 0.15) is 24.0 Å². The summed E-state index contributed by atoms with van der Waals surface area (Å²) in [6, 6.07) is 20.4. The maximum Gasteiger partial charge on any atom is 0.321 e. The molecule has 2 amide bonds. The summed E-state index contributed by atoms with van der Waals surface area (Å²) in [6.45, 7) is 2.89. The van der Waals surface area contributed by atoms with E-state index in [0.717, 1.165) is 49.4 Å². The molecule has 1 aliphatic rings. The van der Waals surface area contributed by atoms with Crippen LogP contribution in [-0.4, -0.2) is 50.7 Å². The van der Waals surface area contributed by atoms with Crippen molar-refractivity contribution in [3.8, 4) is 28.3 Å². The van der Waals surface area contributed by atoms with Gasteiger partial charge in [0.25, 0.3) is 5.78 Å². The minimum Gasteiger partial charge on any atom is -0.497 e. The van der Waals surface area contributed by atoms with Crippen LogP contribution in [0.2, 0.25) is 0 Å². The number of nitrogens with one attached hydrogen (secondary N) is 2. The predicted octanol–water partition coefficient (Wildman–Crippen LogP) is 5.52. The summed E-state index contributed by atoms with van der Waals surface area (Å²) in [4.78, 5) is 23.2. The van der Waals surface area contributed by atoms with Gasteiger partial charge in [-0.1, -0.05) is 30.3 Å². The van der Waals surface area contributed by atoms with E-state index in [4.69, 9.17) is 9.84 Å². The van der Waals surface area contributed by atoms with Crippen molar-refractivity contribution in [2.24, 2.45) is 0 Å². The molecule has 10 heteroatoms. The Morgan fingerprint density at radius 1 is 0.976 bits per heavy atom. The second-order valence-corrected chi connectivity index (χ2v) is 9.99. The van der Waals surface area contributed by atoms with E-state index in [2.05, 4.69) is 32.7 Å². The largest absolute Gasteiger partial charge is 0.497 e. The van der Waals surface area contributed by atoms with Gasteiger partial charge in [-0.2, -0.15) is 5.10 Å². The van der Waals surface area contributed by atoms with Crippen molar-refractivity contribution in [1.82, 2.24) is 29.8 Å². The molecule has 3 aromatic carbocycles. The van der Waals surface area contributed by atoms with Gasteiger partial charge < -0.3 is 20.3 Å². The number of anilines is 1. The highest BCUT2D eigenvalue weighted by molar-refractivity contribution is 5.90. The monoisotopic (exact) mass is 551 g/mol. The van der Waals surface area contributed by atoms with E-state index in [1.165, 1.54) is 11.6 Å². The van der Waals surface area contributed by atoms with Gasteiger partial charge in [-0.15, -0.1) is 0 Å². The molecule has 1 fully saturated rings. The standard InChI is InChI=1S/C31H30FN7O2/c1-41-25-10-7-21(8-11-25)17-33-18-22-5-4-6-23(15-22)28-19-34-30-36-29(20-39(30)37-28)26-16-24(9-12-27(26)32)35-31(40)38-13-2-3-14-38/h4-12,15-16,19-20,33H,2-3,13-14,17-18H2,1H3,(H,35,40). The van der Waals surface area contributed by atoms with Gasteiger partial charge in [0.15, 0.2) is 0 Å². The minimum atomic E-state index is -0.442. The van der Waals surface area contributed by atoms with E-state index in [-0.39, 0.29) is 11.6 Å². The molecule has 0 atom stereocenters. The molecule has 1 aliphatic heterocycles. The molecular formula is C31H30FN7O2.